The maximum Gasteiger partial charge on any atom is 0.134 e. The molecule has 2 aromatic heterocycles. The molecule has 1 saturated heterocycles. The molecular formula is C19H21F2N5. The lowest BCUT2D eigenvalue weighted by Gasteiger charge is -2.32. The molecule has 136 valence electrons. The Morgan fingerprint density at radius 1 is 1.23 bits per heavy atom. The molecule has 4 rings (SSSR count). The van der Waals surface area contributed by atoms with Gasteiger partial charge in [-0.2, -0.15) is 10.2 Å². The first-order chi connectivity index (χ1) is 12.6. The van der Waals surface area contributed by atoms with Gasteiger partial charge in [0.15, 0.2) is 0 Å². The summed E-state index contributed by atoms with van der Waals surface area (Å²) in [5, 5.41) is 11.4. The first-order valence-corrected chi connectivity index (χ1v) is 8.78. The zero-order valence-electron chi connectivity index (χ0n) is 14.6. The van der Waals surface area contributed by atoms with Crippen molar-refractivity contribution in [3.63, 3.8) is 0 Å². The van der Waals surface area contributed by atoms with E-state index >= 15 is 0 Å². The molecule has 3 aromatic rings. The molecule has 1 unspecified atom stereocenters. The van der Waals surface area contributed by atoms with E-state index in [9.17, 15) is 8.78 Å². The van der Waals surface area contributed by atoms with Crippen molar-refractivity contribution in [1.29, 1.82) is 0 Å². The van der Waals surface area contributed by atoms with Gasteiger partial charge in [0, 0.05) is 60.7 Å². The van der Waals surface area contributed by atoms with Gasteiger partial charge in [-0.15, -0.1) is 0 Å². The Bertz CT molecular complexity index is 901. The summed E-state index contributed by atoms with van der Waals surface area (Å²) in [6.07, 6.45) is 7.63. The van der Waals surface area contributed by atoms with E-state index in [1.54, 1.807) is 10.9 Å². The molecule has 1 aliphatic rings. The van der Waals surface area contributed by atoms with Gasteiger partial charge >= 0.3 is 0 Å². The van der Waals surface area contributed by atoms with Crippen LogP contribution in [-0.4, -0.2) is 38.0 Å². The molecule has 3 heterocycles. The topological polar surface area (TPSA) is 49.7 Å². The van der Waals surface area contributed by atoms with Crippen molar-refractivity contribution < 1.29 is 8.78 Å². The lowest BCUT2D eigenvalue weighted by atomic mass is 9.90. The highest BCUT2D eigenvalue weighted by Gasteiger charge is 2.26. The number of aryl methyl sites for hydroxylation is 1. The van der Waals surface area contributed by atoms with Gasteiger partial charge in [-0.05, 0) is 31.5 Å². The van der Waals surface area contributed by atoms with E-state index in [1.807, 2.05) is 19.4 Å². The third-order valence-electron chi connectivity index (χ3n) is 4.97. The Morgan fingerprint density at radius 2 is 2.12 bits per heavy atom. The van der Waals surface area contributed by atoms with Crippen LogP contribution >= 0.6 is 0 Å². The smallest absolute Gasteiger partial charge is 0.134 e. The number of hydrogen-bond acceptors (Lipinski definition) is 3. The van der Waals surface area contributed by atoms with Crippen molar-refractivity contribution >= 4 is 0 Å². The van der Waals surface area contributed by atoms with E-state index in [4.69, 9.17) is 0 Å². The second-order valence-corrected chi connectivity index (χ2v) is 6.92. The Morgan fingerprint density at radius 3 is 2.88 bits per heavy atom. The number of piperidine rings is 1. The minimum Gasteiger partial charge on any atom is -0.298 e. The quantitative estimate of drug-likeness (QED) is 0.778. The molecular weight excluding hydrogens is 336 g/mol. The number of likely N-dealkylation sites (tertiary alicyclic amines) is 1. The lowest BCUT2D eigenvalue weighted by molar-refractivity contribution is 0.198. The van der Waals surface area contributed by atoms with Crippen molar-refractivity contribution in [2.75, 3.05) is 13.1 Å². The highest BCUT2D eigenvalue weighted by molar-refractivity contribution is 5.66. The number of nitrogens with one attached hydrogen (secondary N) is 1. The molecule has 0 radical (unpaired) electrons. The van der Waals surface area contributed by atoms with Crippen molar-refractivity contribution in [2.24, 2.45) is 7.05 Å². The van der Waals surface area contributed by atoms with Gasteiger partial charge in [-0.3, -0.25) is 14.7 Å². The summed E-state index contributed by atoms with van der Waals surface area (Å²) in [6.45, 7) is 2.74. The predicted molar refractivity (Wildman–Crippen MR) is 94.4 cm³/mol. The van der Waals surface area contributed by atoms with Gasteiger partial charge < -0.3 is 0 Å². The number of benzene rings is 1. The fourth-order valence-electron chi connectivity index (χ4n) is 3.78. The number of hydrogen-bond donors (Lipinski definition) is 1. The average Bonchev–Trinajstić information content (AvgIpc) is 3.24. The van der Waals surface area contributed by atoms with Crippen molar-refractivity contribution in [3.8, 4) is 11.1 Å². The van der Waals surface area contributed by atoms with E-state index in [1.165, 1.54) is 17.7 Å². The molecule has 0 spiro atoms. The zero-order chi connectivity index (χ0) is 18.1. The summed E-state index contributed by atoms with van der Waals surface area (Å²) in [5.74, 6) is -0.894. The molecule has 26 heavy (non-hydrogen) atoms. The molecule has 1 N–H and O–H groups in total. The molecule has 0 saturated carbocycles. The van der Waals surface area contributed by atoms with Crippen LogP contribution in [0.5, 0.6) is 0 Å². The van der Waals surface area contributed by atoms with E-state index in [0.717, 1.165) is 49.8 Å². The summed E-state index contributed by atoms with van der Waals surface area (Å²) in [5.41, 5.74) is 3.21. The van der Waals surface area contributed by atoms with Crippen LogP contribution in [0.4, 0.5) is 8.78 Å². The van der Waals surface area contributed by atoms with Crippen LogP contribution in [0.3, 0.4) is 0 Å². The molecule has 1 aliphatic heterocycles. The first-order valence-electron chi connectivity index (χ1n) is 8.78. The fourth-order valence-corrected chi connectivity index (χ4v) is 3.78. The summed E-state index contributed by atoms with van der Waals surface area (Å²) < 4.78 is 29.3. The standard InChI is InChI=1S/C19H21F2N5/c1-25-10-13(8-23-25)11-26-6-2-3-14(12-26)19-17(9-22-24-19)16-5-4-15(20)7-18(16)21/h4-5,7-10,14H,2-3,6,11-12H2,1H3,(H,22,24). The molecule has 1 fully saturated rings. The highest BCUT2D eigenvalue weighted by atomic mass is 19.1. The van der Waals surface area contributed by atoms with Crippen LogP contribution in [0.2, 0.25) is 0 Å². The zero-order valence-corrected chi connectivity index (χ0v) is 14.6. The number of rotatable bonds is 4. The average molecular weight is 357 g/mol. The molecule has 0 aliphatic carbocycles. The van der Waals surface area contributed by atoms with Crippen molar-refractivity contribution in [1.82, 2.24) is 24.9 Å². The second kappa shape index (κ2) is 6.99. The van der Waals surface area contributed by atoms with Crippen LogP contribution < -0.4 is 0 Å². The molecule has 7 heteroatoms. The summed E-state index contributed by atoms with van der Waals surface area (Å²) in [7, 11) is 1.91. The Balaban J connectivity index is 1.55. The normalized spacial score (nSPS) is 18.3. The number of nitrogens with zero attached hydrogens (tertiary/aromatic N) is 4. The third kappa shape index (κ3) is 3.39. The Kier molecular flexibility index (Phi) is 4.55. The molecule has 0 bridgehead atoms. The Hall–Kier alpha value is -2.54. The van der Waals surface area contributed by atoms with E-state index in [2.05, 4.69) is 20.2 Å². The summed E-state index contributed by atoms with van der Waals surface area (Å²) in [4.78, 5) is 2.39. The fraction of sp³-hybridized carbons (Fsp3) is 0.368. The monoisotopic (exact) mass is 357 g/mol. The largest absolute Gasteiger partial charge is 0.298 e. The van der Waals surface area contributed by atoms with Gasteiger partial charge in [0.25, 0.3) is 0 Å². The summed E-state index contributed by atoms with van der Waals surface area (Å²) >= 11 is 0. The van der Waals surface area contributed by atoms with E-state index in [-0.39, 0.29) is 5.92 Å². The van der Waals surface area contributed by atoms with Crippen LogP contribution in [0, 0.1) is 11.6 Å². The Labute approximate surface area is 150 Å². The van der Waals surface area contributed by atoms with E-state index < -0.39 is 11.6 Å². The minimum atomic E-state index is -0.573. The summed E-state index contributed by atoms with van der Waals surface area (Å²) in [6, 6.07) is 3.68. The van der Waals surface area contributed by atoms with Gasteiger partial charge in [0.05, 0.1) is 12.4 Å². The molecule has 1 atom stereocenters. The number of aromatic nitrogens is 4. The highest BCUT2D eigenvalue weighted by Crippen LogP contribution is 2.34. The van der Waals surface area contributed by atoms with Crippen LogP contribution in [0.25, 0.3) is 11.1 Å². The molecule has 5 nitrogen and oxygen atoms in total. The molecule has 1 aromatic carbocycles. The number of aromatic amines is 1. The maximum absolute atomic E-state index is 14.2. The van der Waals surface area contributed by atoms with Crippen LogP contribution in [0.15, 0.2) is 36.8 Å². The maximum atomic E-state index is 14.2. The third-order valence-corrected chi connectivity index (χ3v) is 4.97. The minimum absolute atomic E-state index is 0.238. The van der Waals surface area contributed by atoms with Gasteiger partial charge in [0.1, 0.15) is 11.6 Å². The van der Waals surface area contributed by atoms with Crippen LogP contribution in [0.1, 0.15) is 30.0 Å². The van der Waals surface area contributed by atoms with Gasteiger partial charge in [0.2, 0.25) is 0 Å². The van der Waals surface area contributed by atoms with Crippen LogP contribution in [-0.2, 0) is 13.6 Å². The predicted octanol–water partition coefficient (Wildman–Crippen LogP) is 3.47. The molecule has 0 amide bonds. The van der Waals surface area contributed by atoms with Gasteiger partial charge in [-0.1, -0.05) is 0 Å². The second-order valence-electron chi connectivity index (χ2n) is 6.92. The SMILES string of the molecule is Cn1cc(CN2CCCC(c3[nH]ncc3-c3ccc(F)cc3F)C2)cn1. The van der Waals surface area contributed by atoms with Crippen molar-refractivity contribution in [2.45, 2.75) is 25.3 Å². The first kappa shape index (κ1) is 16.9. The number of H-pyrrole nitrogens is 1. The lowest BCUT2D eigenvalue weighted by Crippen LogP contribution is -2.34. The van der Waals surface area contributed by atoms with Crippen molar-refractivity contribution in [3.05, 3.63) is 59.7 Å². The van der Waals surface area contributed by atoms with Gasteiger partial charge in [-0.25, -0.2) is 8.78 Å². The van der Waals surface area contributed by atoms with E-state index in [0.29, 0.717) is 5.56 Å². The number of halogens is 2.